The second-order valence-electron chi connectivity index (χ2n) is 2.13. The van der Waals surface area contributed by atoms with E-state index in [9.17, 15) is 8.96 Å². The third-order valence-corrected chi connectivity index (χ3v) is 4.75. The summed E-state index contributed by atoms with van der Waals surface area (Å²) in [4.78, 5) is 0. The van der Waals surface area contributed by atoms with Crippen molar-refractivity contribution in [2.45, 2.75) is 13.8 Å². The van der Waals surface area contributed by atoms with Gasteiger partial charge in [-0.1, -0.05) is 0 Å². The molecule has 0 unspecified atom stereocenters. The fraction of sp³-hybridized carbons (Fsp3) is 0.714. The highest BCUT2D eigenvalue weighted by atomic mass is 32.2. The summed E-state index contributed by atoms with van der Waals surface area (Å²) >= 11 is 4.89. The summed E-state index contributed by atoms with van der Waals surface area (Å²) in [5, 5.41) is 0. The van der Waals surface area contributed by atoms with E-state index in [1.807, 2.05) is 0 Å². The standard InChI is InChI=1S/C7H14FO3PS2/c1-4-10-12(9,11-5-2)6(8)7(13)14-3/h13H,4-5H2,1-3H3/b7-6+. The Morgan fingerprint density at radius 1 is 1.43 bits per heavy atom. The lowest BCUT2D eigenvalue weighted by Gasteiger charge is -2.15. The minimum Gasteiger partial charge on any atom is -0.304 e. The minimum absolute atomic E-state index is 0.0234. The molecule has 3 nitrogen and oxygen atoms in total. The van der Waals surface area contributed by atoms with Gasteiger partial charge in [0, 0.05) is 0 Å². The largest absolute Gasteiger partial charge is 0.391 e. The normalized spacial score (nSPS) is 14.1. The molecule has 0 aromatic rings. The van der Waals surface area contributed by atoms with Crippen LogP contribution in [0, 0.1) is 0 Å². The summed E-state index contributed by atoms with van der Waals surface area (Å²) in [6.07, 6.45) is 1.63. The Morgan fingerprint density at radius 3 is 2.14 bits per heavy atom. The summed E-state index contributed by atoms with van der Waals surface area (Å²) in [6.45, 7) is 3.49. The number of halogens is 1. The van der Waals surface area contributed by atoms with Crippen LogP contribution in [0.5, 0.6) is 0 Å². The number of hydrogen-bond donors (Lipinski definition) is 1. The van der Waals surface area contributed by atoms with Gasteiger partial charge in [0.05, 0.1) is 17.5 Å². The molecule has 0 saturated carbocycles. The zero-order chi connectivity index (χ0) is 11.2. The number of thioether (sulfide) groups is 1. The molecule has 0 spiro atoms. The molecule has 0 aromatic heterocycles. The molecule has 84 valence electrons. The second kappa shape index (κ2) is 6.90. The molecule has 0 atom stereocenters. The third kappa shape index (κ3) is 3.95. The van der Waals surface area contributed by atoms with Gasteiger partial charge in [-0.2, -0.15) is 4.39 Å². The lowest BCUT2D eigenvalue weighted by atomic mass is 10.9. The van der Waals surface area contributed by atoms with Crippen LogP contribution in [0.1, 0.15) is 13.8 Å². The van der Waals surface area contributed by atoms with Crippen LogP contribution in [-0.4, -0.2) is 19.5 Å². The average molecular weight is 260 g/mol. The fourth-order valence-electron chi connectivity index (χ4n) is 0.692. The molecule has 0 heterocycles. The van der Waals surface area contributed by atoms with Crippen LogP contribution < -0.4 is 0 Å². The minimum atomic E-state index is -3.77. The van der Waals surface area contributed by atoms with E-state index in [2.05, 4.69) is 12.6 Å². The first-order valence-corrected chi connectivity index (χ1v) is 7.25. The highest BCUT2D eigenvalue weighted by molar-refractivity contribution is 8.15. The first-order chi connectivity index (χ1) is 6.51. The smallest absolute Gasteiger partial charge is 0.304 e. The molecular formula is C7H14FO3PS2. The summed E-state index contributed by atoms with van der Waals surface area (Å²) in [6, 6.07) is 0. The van der Waals surface area contributed by atoms with E-state index in [0.717, 1.165) is 11.8 Å². The summed E-state index contributed by atoms with van der Waals surface area (Å²) in [5.41, 5.74) is -0.919. The lowest BCUT2D eigenvalue weighted by molar-refractivity contribution is 0.220. The van der Waals surface area contributed by atoms with Crippen LogP contribution in [0.3, 0.4) is 0 Å². The summed E-state index contributed by atoms with van der Waals surface area (Å²) in [5.74, 6) is 0. The Morgan fingerprint density at radius 2 is 1.86 bits per heavy atom. The maximum absolute atomic E-state index is 13.5. The van der Waals surface area contributed by atoms with E-state index in [1.54, 1.807) is 20.1 Å². The molecular weight excluding hydrogens is 246 g/mol. The topological polar surface area (TPSA) is 35.5 Å². The van der Waals surface area contributed by atoms with Crippen LogP contribution in [0.4, 0.5) is 4.39 Å². The first kappa shape index (κ1) is 14.5. The van der Waals surface area contributed by atoms with Gasteiger partial charge in [-0.25, -0.2) is 0 Å². The van der Waals surface area contributed by atoms with Crippen molar-refractivity contribution in [1.82, 2.24) is 0 Å². The van der Waals surface area contributed by atoms with Crippen LogP contribution in [0.15, 0.2) is 9.81 Å². The molecule has 0 amide bonds. The molecule has 0 bridgehead atoms. The predicted molar refractivity (Wildman–Crippen MR) is 61.5 cm³/mol. The van der Waals surface area contributed by atoms with Crippen molar-refractivity contribution in [2.75, 3.05) is 19.5 Å². The van der Waals surface area contributed by atoms with Gasteiger partial charge in [0.15, 0.2) is 0 Å². The van der Waals surface area contributed by atoms with Crippen LogP contribution in [0.2, 0.25) is 0 Å². The quantitative estimate of drug-likeness (QED) is 0.584. The highest BCUT2D eigenvalue weighted by Crippen LogP contribution is 2.59. The lowest BCUT2D eigenvalue weighted by Crippen LogP contribution is -1.96. The van der Waals surface area contributed by atoms with Gasteiger partial charge < -0.3 is 9.05 Å². The zero-order valence-corrected chi connectivity index (χ0v) is 10.9. The molecule has 0 rings (SSSR count). The van der Waals surface area contributed by atoms with E-state index < -0.39 is 13.2 Å². The van der Waals surface area contributed by atoms with E-state index in [-0.39, 0.29) is 17.5 Å². The monoisotopic (exact) mass is 260 g/mol. The third-order valence-electron chi connectivity index (χ3n) is 1.21. The molecule has 0 aliphatic carbocycles. The van der Waals surface area contributed by atoms with Crippen molar-refractivity contribution in [1.29, 1.82) is 0 Å². The molecule has 0 saturated heterocycles. The van der Waals surface area contributed by atoms with Crippen LogP contribution >= 0.6 is 32.0 Å². The second-order valence-corrected chi connectivity index (χ2v) is 5.60. The Labute approximate surface area is 93.4 Å². The molecule has 0 aliphatic rings. The van der Waals surface area contributed by atoms with Gasteiger partial charge in [-0.05, 0) is 20.1 Å². The zero-order valence-electron chi connectivity index (χ0n) is 8.32. The van der Waals surface area contributed by atoms with E-state index >= 15 is 0 Å². The van der Waals surface area contributed by atoms with Gasteiger partial charge >= 0.3 is 7.60 Å². The van der Waals surface area contributed by atoms with Gasteiger partial charge in [0.2, 0.25) is 5.57 Å². The number of thiol groups is 1. The van der Waals surface area contributed by atoms with Gasteiger partial charge in [-0.3, -0.25) is 4.57 Å². The van der Waals surface area contributed by atoms with Crippen molar-refractivity contribution >= 4 is 32.0 Å². The average Bonchev–Trinajstić information content (AvgIpc) is 2.16. The molecule has 0 aromatic carbocycles. The van der Waals surface area contributed by atoms with Crippen molar-refractivity contribution in [3.63, 3.8) is 0 Å². The van der Waals surface area contributed by atoms with Crippen LogP contribution in [0.25, 0.3) is 0 Å². The van der Waals surface area contributed by atoms with Crippen LogP contribution in [-0.2, 0) is 13.6 Å². The Hall–Kier alpha value is 0.520. The SMILES string of the molecule is CCOP(=O)(OCC)/C(F)=C(\S)SC. The molecule has 0 fully saturated rings. The van der Waals surface area contributed by atoms with Crippen molar-refractivity contribution in [3.05, 3.63) is 9.81 Å². The summed E-state index contributed by atoms with van der Waals surface area (Å²) in [7, 11) is -3.77. The van der Waals surface area contributed by atoms with Crippen molar-refractivity contribution in [3.8, 4) is 0 Å². The number of rotatable bonds is 6. The van der Waals surface area contributed by atoms with Crippen molar-refractivity contribution in [2.24, 2.45) is 0 Å². The predicted octanol–water partition coefficient (Wildman–Crippen LogP) is 3.64. The Balaban J connectivity index is 4.91. The molecule has 14 heavy (non-hydrogen) atoms. The van der Waals surface area contributed by atoms with E-state index in [1.165, 1.54) is 0 Å². The van der Waals surface area contributed by atoms with Gasteiger partial charge in [-0.15, -0.1) is 24.4 Å². The number of hydrogen-bond acceptors (Lipinski definition) is 5. The fourth-order valence-corrected chi connectivity index (χ4v) is 3.05. The Kier molecular flexibility index (Phi) is 7.16. The molecule has 7 heteroatoms. The molecule has 0 aliphatic heterocycles. The molecule has 0 radical (unpaired) electrons. The summed E-state index contributed by atoms with van der Waals surface area (Å²) < 4.78 is 34.9. The van der Waals surface area contributed by atoms with E-state index in [0.29, 0.717) is 0 Å². The van der Waals surface area contributed by atoms with Gasteiger partial charge in [0.25, 0.3) is 0 Å². The van der Waals surface area contributed by atoms with Crippen molar-refractivity contribution < 1.29 is 18.0 Å². The molecule has 0 N–H and O–H groups in total. The maximum atomic E-state index is 13.5. The van der Waals surface area contributed by atoms with E-state index in [4.69, 9.17) is 9.05 Å². The first-order valence-electron chi connectivity index (χ1n) is 4.04. The van der Waals surface area contributed by atoms with Gasteiger partial charge in [0.1, 0.15) is 0 Å². The maximum Gasteiger partial charge on any atom is 0.391 e. The highest BCUT2D eigenvalue weighted by Gasteiger charge is 2.32. The Bertz CT molecular complexity index is 247.